The second-order valence-corrected chi connectivity index (χ2v) is 5.09. The van der Waals surface area contributed by atoms with Crippen LogP contribution in [-0.4, -0.2) is 65.5 Å². The van der Waals surface area contributed by atoms with Crippen LogP contribution < -0.4 is 5.32 Å². The van der Waals surface area contributed by atoms with Crippen LogP contribution in [0, 0.1) is 0 Å². The maximum atomic E-state index is 10.8. The summed E-state index contributed by atoms with van der Waals surface area (Å²) in [4.78, 5) is 10.8. The van der Waals surface area contributed by atoms with Crippen LogP contribution in [-0.2, 0) is 14.9 Å². The first kappa shape index (κ1) is 17.1. The minimum atomic E-state index is -4.08. The van der Waals surface area contributed by atoms with Gasteiger partial charge in [-0.15, -0.1) is 0 Å². The molecule has 0 aromatic rings. The van der Waals surface area contributed by atoms with Gasteiger partial charge >= 0.3 is 29.6 Å². The standard InChI is InChI=1S/C6H13NO4S2.Na.H/c1-6(2,4-13(9,10)11)7-5(8)3-12;;/h12H,3-4H2,1-2H3,(H,7,8)(H,9,10,11);;. The third kappa shape index (κ3) is 9.29. The molecule has 0 aliphatic carbocycles. The predicted molar refractivity (Wildman–Crippen MR) is 59.6 cm³/mol. The van der Waals surface area contributed by atoms with E-state index in [0.717, 1.165) is 0 Å². The maximum absolute atomic E-state index is 10.8. The van der Waals surface area contributed by atoms with Crippen molar-refractivity contribution in [2.24, 2.45) is 0 Å². The molecule has 0 atom stereocenters. The van der Waals surface area contributed by atoms with Gasteiger partial charge in [-0.05, 0) is 13.8 Å². The Morgan fingerprint density at radius 2 is 1.93 bits per heavy atom. The van der Waals surface area contributed by atoms with Crippen LogP contribution in [0.25, 0.3) is 0 Å². The molecular formula is C6H14NNaO4S2. The summed E-state index contributed by atoms with van der Waals surface area (Å²) in [6.07, 6.45) is 0. The molecule has 0 radical (unpaired) electrons. The Morgan fingerprint density at radius 1 is 1.50 bits per heavy atom. The normalized spacial score (nSPS) is 11.7. The first-order chi connectivity index (χ1) is 5.66. The second kappa shape index (κ2) is 6.34. The van der Waals surface area contributed by atoms with Gasteiger partial charge in [0, 0.05) is 0 Å². The predicted octanol–water partition coefficient (Wildman–Crippen LogP) is -0.950. The van der Waals surface area contributed by atoms with E-state index >= 15 is 0 Å². The van der Waals surface area contributed by atoms with Gasteiger partial charge in [0.05, 0.1) is 17.0 Å². The molecule has 0 saturated carbocycles. The van der Waals surface area contributed by atoms with Crippen molar-refractivity contribution < 1.29 is 17.8 Å². The molecule has 0 bridgehead atoms. The van der Waals surface area contributed by atoms with Crippen molar-refractivity contribution in [3.8, 4) is 0 Å². The molecule has 0 saturated heterocycles. The number of rotatable bonds is 4. The van der Waals surface area contributed by atoms with Gasteiger partial charge in [-0.3, -0.25) is 9.35 Å². The van der Waals surface area contributed by atoms with Crippen LogP contribution in [0.4, 0.5) is 0 Å². The summed E-state index contributed by atoms with van der Waals surface area (Å²) >= 11 is 3.71. The molecule has 14 heavy (non-hydrogen) atoms. The Balaban J connectivity index is 0. The Morgan fingerprint density at radius 3 is 2.21 bits per heavy atom. The summed E-state index contributed by atoms with van der Waals surface area (Å²) in [7, 11) is -4.08. The fraction of sp³-hybridized carbons (Fsp3) is 0.833. The van der Waals surface area contributed by atoms with E-state index in [1.165, 1.54) is 13.8 Å². The van der Waals surface area contributed by atoms with Gasteiger partial charge in [0.2, 0.25) is 5.91 Å². The molecule has 0 heterocycles. The summed E-state index contributed by atoms with van der Waals surface area (Å²) in [6.45, 7) is 3.00. The molecule has 80 valence electrons. The van der Waals surface area contributed by atoms with Gasteiger partial charge in [0.15, 0.2) is 0 Å². The Labute approximate surface area is 111 Å². The van der Waals surface area contributed by atoms with Crippen molar-refractivity contribution in [3.63, 3.8) is 0 Å². The average molecular weight is 251 g/mol. The van der Waals surface area contributed by atoms with Crippen LogP contribution >= 0.6 is 12.6 Å². The fourth-order valence-corrected chi connectivity index (χ4v) is 1.97. The van der Waals surface area contributed by atoms with Crippen molar-refractivity contribution in [3.05, 3.63) is 0 Å². The zero-order chi connectivity index (χ0) is 10.7. The number of nitrogens with one attached hydrogen (secondary N) is 1. The molecule has 0 spiro atoms. The number of carbonyl (C=O) groups excluding carboxylic acids is 1. The fourth-order valence-electron chi connectivity index (χ4n) is 0.909. The Kier molecular flexibility index (Phi) is 7.76. The average Bonchev–Trinajstić information content (AvgIpc) is 1.80. The number of carbonyl (C=O) groups is 1. The zero-order valence-corrected chi connectivity index (χ0v) is 9.15. The third-order valence-corrected chi connectivity index (χ3v) is 2.54. The SMILES string of the molecule is CC(C)(CS(=O)(=O)O)NC(=O)CS.[NaH]. The molecule has 8 heteroatoms. The van der Waals surface area contributed by atoms with E-state index in [1.807, 2.05) is 0 Å². The van der Waals surface area contributed by atoms with Gasteiger partial charge in [-0.25, -0.2) is 0 Å². The molecule has 2 N–H and O–H groups in total. The number of hydrogen-bond acceptors (Lipinski definition) is 4. The van der Waals surface area contributed by atoms with Crippen LogP contribution in [0.15, 0.2) is 0 Å². The number of thiol groups is 1. The van der Waals surface area contributed by atoms with Gasteiger partial charge in [0.25, 0.3) is 10.1 Å². The van der Waals surface area contributed by atoms with Crippen LogP contribution in [0.5, 0.6) is 0 Å². The van der Waals surface area contributed by atoms with Crippen molar-refractivity contribution >= 4 is 58.2 Å². The van der Waals surface area contributed by atoms with Gasteiger partial charge < -0.3 is 5.32 Å². The molecule has 0 aromatic carbocycles. The molecule has 1 amide bonds. The van der Waals surface area contributed by atoms with E-state index < -0.39 is 21.4 Å². The van der Waals surface area contributed by atoms with Gasteiger partial charge in [-0.1, -0.05) is 0 Å². The van der Waals surface area contributed by atoms with Crippen molar-refractivity contribution in [2.75, 3.05) is 11.5 Å². The molecule has 5 nitrogen and oxygen atoms in total. The topological polar surface area (TPSA) is 83.5 Å². The Bertz CT molecular complexity index is 288. The summed E-state index contributed by atoms with van der Waals surface area (Å²) < 4.78 is 29.5. The summed E-state index contributed by atoms with van der Waals surface area (Å²) in [5, 5.41) is 2.41. The first-order valence-corrected chi connectivity index (χ1v) is 5.77. The quantitative estimate of drug-likeness (QED) is 0.342. The van der Waals surface area contributed by atoms with E-state index in [9.17, 15) is 13.2 Å². The molecule has 0 aromatic heterocycles. The van der Waals surface area contributed by atoms with Crippen molar-refractivity contribution in [2.45, 2.75) is 19.4 Å². The van der Waals surface area contributed by atoms with Crippen molar-refractivity contribution in [1.29, 1.82) is 0 Å². The zero-order valence-electron chi connectivity index (χ0n) is 7.44. The summed E-state index contributed by atoms with van der Waals surface area (Å²) in [5.41, 5.74) is -0.979. The monoisotopic (exact) mass is 251 g/mol. The first-order valence-electron chi connectivity index (χ1n) is 3.53. The molecule has 0 rings (SSSR count). The second-order valence-electron chi connectivity index (χ2n) is 3.32. The number of amides is 1. The van der Waals surface area contributed by atoms with Crippen molar-refractivity contribution in [1.82, 2.24) is 5.32 Å². The van der Waals surface area contributed by atoms with E-state index in [4.69, 9.17) is 4.55 Å². The molecule has 0 aliphatic heterocycles. The van der Waals surface area contributed by atoms with Gasteiger partial charge in [0.1, 0.15) is 0 Å². The molecular weight excluding hydrogens is 237 g/mol. The minimum absolute atomic E-state index is 0. The van der Waals surface area contributed by atoms with Crippen LogP contribution in [0.3, 0.4) is 0 Å². The third-order valence-electron chi connectivity index (χ3n) is 1.16. The van der Waals surface area contributed by atoms with Crippen LogP contribution in [0.1, 0.15) is 13.8 Å². The molecule has 0 fully saturated rings. The molecule has 0 aliphatic rings. The summed E-state index contributed by atoms with van der Waals surface area (Å²) in [5.74, 6) is -0.911. The summed E-state index contributed by atoms with van der Waals surface area (Å²) in [6, 6.07) is 0. The Hall–Kier alpha value is 0.730. The van der Waals surface area contributed by atoms with E-state index in [-0.39, 0.29) is 41.2 Å². The number of hydrogen-bond donors (Lipinski definition) is 3. The van der Waals surface area contributed by atoms with E-state index in [1.54, 1.807) is 0 Å². The van der Waals surface area contributed by atoms with E-state index in [2.05, 4.69) is 17.9 Å². The van der Waals surface area contributed by atoms with Gasteiger partial charge in [-0.2, -0.15) is 21.0 Å². The van der Waals surface area contributed by atoms with Crippen LogP contribution in [0.2, 0.25) is 0 Å². The molecule has 0 unspecified atom stereocenters. The van der Waals surface area contributed by atoms with E-state index in [0.29, 0.717) is 0 Å².